The maximum atomic E-state index is 12.3. The number of hydrogen-bond donors (Lipinski definition) is 1. The highest BCUT2D eigenvalue weighted by molar-refractivity contribution is 6.34. The second kappa shape index (κ2) is 8.50. The molecule has 126 valence electrons. The maximum Gasteiger partial charge on any atom is 0.338 e. The van der Waals surface area contributed by atoms with Crippen LogP contribution in [-0.2, 0) is 4.74 Å². The monoisotopic (exact) mass is 345 g/mol. The van der Waals surface area contributed by atoms with Gasteiger partial charge >= 0.3 is 5.97 Å². The Hall–Kier alpha value is -2.33. The summed E-state index contributed by atoms with van der Waals surface area (Å²) in [5.41, 5.74) is 2.44. The molecule has 0 heterocycles. The first-order valence-corrected chi connectivity index (χ1v) is 8.23. The SMILES string of the molecule is CCCCOC(=O)c1ccc(NC(=O)c2ccc(C)cc2Cl)cc1. The van der Waals surface area contributed by atoms with E-state index >= 15 is 0 Å². The van der Waals surface area contributed by atoms with Crippen LogP contribution in [0.25, 0.3) is 0 Å². The van der Waals surface area contributed by atoms with Crippen LogP contribution in [0.1, 0.15) is 46.0 Å². The van der Waals surface area contributed by atoms with E-state index in [4.69, 9.17) is 16.3 Å². The average Bonchev–Trinajstić information content (AvgIpc) is 2.55. The summed E-state index contributed by atoms with van der Waals surface area (Å²) in [6.45, 7) is 4.36. The number of anilines is 1. The number of halogens is 1. The van der Waals surface area contributed by atoms with Gasteiger partial charge in [0.25, 0.3) is 5.91 Å². The summed E-state index contributed by atoms with van der Waals surface area (Å²) in [6.07, 6.45) is 1.82. The molecule has 0 bridgehead atoms. The molecule has 5 heteroatoms. The topological polar surface area (TPSA) is 55.4 Å². The second-order valence-electron chi connectivity index (χ2n) is 5.50. The van der Waals surface area contributed by atoms with Crippen molar-refractivity contribution in [2.75, 3.05) is 11.9 Å². The van der Waals surface area contributed by atoms with E-state index in [2.05, 4.69) is 5.32 Å². The molecule has 0 unspecified atom stereocenters. The molecule has 0 fully saturated rings. The van der Waals surface area contributed by atoms with E-state index in [0.717, 1.165) is 18.4 Å². The van der Waals surface area contributed by atoms with Gasteiger partial charge in [-0.25, -0.2) is 4.79 Å². The number of benzene rings is 2. The van der Waals surface area contributed by atoms with Crippen molar-refractivity contribution in [1.82, 2.24) is 0 Å². The number of aryl methyl sites for hydroxylation is 1. The molecule has 0 atom stereocenters. The summed E-state index contributed by atoms with van der Waals surface area (Å²) in [5, 5.41) is 3.17. The molecule has 2 aromatic rings. The molecule has 0 aromatic heterocycles. The zero-order valence-electron chi connectivity index (χ0n) is 13.8. The quantitative estimate of drug-likeness (QED) is 0.601. The number of carbonyl (C=O) groups is 2. The van der Waals surface area contributed by atoms with Crippen molar-refractivity contribution < 1.29 is 14.3 Å². The number of unbranched alkanes of at least 4 members (excludes halogenated alkanes) is 1. The van der Waals surface area contributed by atoms with Crippen molar-refractivity contribution in [1.29, 1.82) is 0 Å². The second-order valence-corrected chi connectivity index (χ2v) is 5.91. The Morgan fingerprint density at radius 2 is 1.83 bits per heavy atom. The molecule has 24 heavy (non-hydrogen) atoms. The first-order chi connectivity index (χ1) is 11.5. The van der Waals surface area contributed by atoms with Crippen LogP contribution >= 0.6 is 11.6 Å². The van der Waals surface area contributed by atoms with E-state index in [9.17, 15) is 9.59 Å². The minimum atomic E-state index is -0.358. The van der Waals surface area contributed by atoms with Crippen molar-refractivity contribution in [2.45, 2.75) is 26.7 Å². The standard InChI is InChI=1S/C19H20ClNO3/c1-3-4-11-24-19(23)14-6-8-15(9-7-14)21-18(22)16-10-5-13(2)12-17(16)20/h5-10,12H,3-4,11H2,1-2H3,(H,21,22). The van der Waals surface area contributed by atoms with E-state index < -0.39 is 0 Å². The summed E-state index contributed by atoms with van der Waals surface area (Å²) >= 11 is 6.10. The molecule has 0 saturated carbocycles. The van der Waals surface area contributed by atoms with Gasteiger partial charge in [0.1, 0.15) is 0 Å². The van der Waals surface area contributed by atoms with Crippen LogP contribution in [0.15, 0.2) is 42.5 Å². The number of rotatable bonds is 6. The predicted molar refractivity (Wildman–Crippen MR) is 95.8 cm³/mol. The number of esters is 1. The van der Waals surface area contributed by atoms with E-state index in [1.807, 2.05) is 19.9 Å². The zero-order chi connectivity index (χ0) is 17.5. The zero-order valence-corrected chi connectivity index (χ0v) is 14.5. The molecule has 0 aliphatic rings. The van der Waals surface area contributed by atoms with Crippen LogP contribution < -0.4 is 5.32 Å². The van der Waals surface area contributed by atoms with Crippen LogP contribution in [0.3, 0.4) is 0 Å². The average molecular weight is 346 g/mol. The van der Waals surface area contributed by atoms with Crippen molar-refractivity contribution in [3.63, 3.8) is 0 Å². The van der Waals surface area contributed by atoms with Gasteiger partial charge in [0, 0.05) is 5.69 Å². The first-order valence-electron chi connectivity index (χ1n) is 7.86. The van der Waals surface area contributed by atoms with Gasteiger partial charge in [-0.15, -0.1) is 0 Å². The van der Waals surface area contributed by atoms with Gasteiger partial charge in [0.2, 0.25) is 0 Å². The molecule has 2 aromatic carbocycles. The van der Waals surface area contributed by atoms with Gasteiger partial charge < -0.3 is 10.1 Å². The van der Waals surface area contributed by atoms with E-state index in [1.165, 1.54) is 0 Å². The molecule has 0 radical (unpaired) electrons. The molecule has 0 spiro atoms. The summed E-state index contributed by atoms with van der Waals surface area (Å²) < 4.78 is 5.14. The lowest BCUT2D eigenvalue weighted by molar-refractivity contribution is 0.0499. The molecule has 0 saturated heterocycles. The summed E-state index contributed by atoms with van der Waals surface area (Å²) in [6, 6.07) is 11.8. The van der Waals surface area contributed by atoms with Crippen LogP contribution in [0.2, 0.25) is 5.02 Å². The highest BCUT2D eigenvalue weighted by atomic mass is 35.5. The molecular formula is C19H20ClNO3. The molecule has 0 aliphatic heterocycles. The van der Waals surface area contributed by atoms with Crippen LogP contribution in [-0.4, -0.2) is 18.5 Å². The van der Waals surface area contributed by atoms with Crippen molar-refractivity contribution in [2.24, 2.45) is 0 Å². The Morgan fingerprint density at radius 3 is 2.46 bits per heavy atom. The molecule has 1 N–H and O–H groups in total. The molecular weight excluding hydrogens is 326 g/mol. The third-order valence-corrected chi connectivity index (χ3v) is 3.79. The van der Waals surface area contributed by atoms with Gasteiger partial charge in [-0.05, 0) is 55.3 Å². The number of ether oxygens (including phenoxy) is 1. The third kappa shape index (κ3) is 4.83. The lowest BCUT2D eigenvalue weighted by atomic mass is 10.1. The van der Waals surface area contributed by atoms with E-state index in [0.29, 0.717) is 28.4 Å². The van der Waals surface area contributed by atoms with Gasteiger partial charge in [-0.2, -0.15) is 0 Å². The van der Waals surface area contributed by atoms with E-state index in [1.54, 1.807) is 36.4 Å². The fourth-order valence-electron chi connectivity index (χ4n) is 2.08. The molecule has 4 nitrogen and oxygen atoms in total. The highest BCUT2D eigenvalue weighted by Gasteiger charge is 2.11. The minimum Gasteiger partial charge on any atom is -0.462 e. The summed E-state index contributed by atoms with van der Waals surface area (Å²) in [7, 11) is 0. The fourth-order valence-corrected chi connectivity index (χ4v) is 2.41. The van der Waals surface area contributed by atoms with Gasteiger partial charge in [0.05, 0.1) is 22.8 Å². The van der Waals surface area contributed by atoms with Gasteiger partial charge in [0.15, 0.2) is 0 Å². The maximum absolute atomic E-state index is 12.3. The Morgan fingerprint density at radius 1 is 1.12 bits per heavy atom. The van der Waals surface area contributed by atoms with E-state index in [-0.39, 0.29) is 11.9 Å². The molecule has 2 rings (SSSR count). The molecule has 0 aliphatic carbocycles. The minimum absolute atomic E-state index is 0.293. The number of amides is 1. The first kappa shape index (κ1) is 18.0. The highest BCUT2D eigenvalue weighted by Crippen LogP contribution is 2.19. The molecule has 1 amide bonds. The van der Waals surface area contributed by atoms with Crippen LogP contribution in [0.4, 0.5) is 5.69 Å². The largest absolute Gasteiger partial charge is 0.462 e. The Kier molecular flexibility index (Phi) is 6.38. The number of hydrogen-bond acceptors (Lipinski definition) is 3. The van der Waals surface area contributed by atoms with Crippen molar-refractivity contribution >= 4 is 29.2 Å². The fraction of sp³-hybridized carbons (Fsp3) is 0.263. The van der Waals surface area contributed by atoms with Crippen molar-refractivity contribution in [3.05, 3.63) is 64.2 Å². The van der Waals surface area contributed by atoms with Gasteiger partial charge in [-0.3, -0.25) is 4.79 Å². The Labute approximate surface area is 146 Å². The summed E-state index contributed by atoms with van der Waals surface area (Å²) in [5.74, 6) is -0.652. The number of carbonyl (C=O) groups excluding carboxylic acids is 2. The summed E-state index contributed by atoms with van der Waals surface area (Å²) in [4.78, 5) is 24.1. The smallest absolute Gasteiger partial charge is 0.338 e. The lowest BCUT2D eigenvalue weighted by Gasteiger charge is -2.08. The van der Waals surface area contributed by atoms with Crippen molar-refractivity contribution in [3.8, 4) is 0 Å². The normalized spacial score (nSPS) is 10.3. The Bertz CT molecular complexity index is 726. The van der Waals surface area contributed by atoms with Crippen LogP contribution in [0.5, 0.6) is 0 Å². The lowest BCUT2D eigenvalue weighted by Crippen LogP contribution is -2.13. The number of nitrogens with one attached hydrogen (secondary N) is 1. The predicted octanol–water partition coefficient (Wildman–Crippen LogP) is 4.86. The van der Waals surface area contributed by atoms with Crippen LogP contribution in [0, 0.1) is 6.92 Å². The van der Waals surface area contributed by atoms with Gasteiger partial charge in [-0.1, -0.05) is 31.0 Å². The third-order valence-electron chi connectivity index (χ3n) is 3.48. The Balaban J connectivity index is 2.00.